The summed E-state index contributed by atoms with van der Waals surface area (Å²) < 4.78 is 2.20. The molecule has 1 N–H and O–H groups in total. The summed E-state index contributed by atoms with van der Waals surface area (Å²) in [5.74, 6) is 0.0257. The molecule has 33 heavy (non-hydrogen) atoms. The highest BCUT2D eigenvalue weighted by atomic mass is 16.6. The van der Waals surface area contributed by atoms with Crippen LogP contribution in [0.2, 0.25) is 0 Å². The number of hydrogen-bond acceptors (Lipinski definition) is 4. The Morgan fingerprint density at radius 1 is 1.18 bits per heavy atom. The summed E-state index contributed by atoms with van der Waals surface area (Å²) in [5, 5.41) is 15.1. The number of benzene rings is 2. The van der Waals surface area contributed by atoms with Gasteiger partial charge in [-0.05, 0) is 62.1 Å². The van der Waals surface area contributed by atoms with E-state index in [1.54, 1.807) is 11.8 Å². The van der Waals surface area contributed by atoms with Gasteiger partial charge < -0.3 is 14.8 Å². The Kier molecular flexibility index (Phi) is 6.18. The first-order valence-electron chi connectivity index (χ1n) is 11.2. The molecule has 2 heterocycles. The zero-order valence-corrected chi connectivity index (χ0v) is 19.1. The Morgan fingerprint density at radius 3 is 2.67 bits per heavy atom. The summed E-state index contributed by atoms with van der Waals surface area (Å²) in [7, 11) is 0. The van der Waals surface area contributed by atoms with E-state index in [1.165, 1.54) is 18.2 Å². The lowest BCUT2D eigenvalue weighted by Gasteiger charge is -2.24. The van der Waals surface area contributed by atoms with Crippen LogP contribution in [0.25, 0.3) is 10.9 Å². The third-order valence-electron chi connectivity index (χ3n) is 6.06. The Balaban J connectivity index is 1.49. The summed E-state index contributed by atoms with van der Waals surface area (Å²) >= 11 is 0. The number of nitro benzene ring substituents is 1. The van der Waals surface area contributed by atoms with E-state index in [0.717, 1.165) is 23.9 Å². The van der Waals surface area contributed by atoms with Gasteiger partial charge in [0.1, 0.15) is 6.04 Å². The maximum Gasteiger partial charge on any atom is 0.272 e. The maximum absolute atomic E-state index is 13.1. The molecule has 0 saturated carbocycles. The number of nitrogens with one attached hydrogen (secondary N) is 1. The van der Waals surface area contributed by atoms with Gasteiger partial charge in [0.2, 0.25) is 5.91 Å². The summed E-state index contributed by atoms with van der Waals surface area (Å²) in [6.45, 7) is 7.36. The van der Waals surface area contributed by atoms with E-state index in [2.05, 4.69) is 29.9 Å². The van der Waals surface area contributed by atoms with E-state index in [1.807, 2.05) is 24.3 Å². The second-order valence-electron chi connectivity index (χ2n) is 9.04. The number of fused-ring (bicyclic) bond motifs is 1. The number of aryl methyl sites for hydroxylation is 1. The van der Waals surface area contributed by atoms with Gasteiger partial charge in [-0.3, -0.25) is 19.7 Å². The lowest BCUT2D eigenvalue weighted by molar-refractivity contribution is -0.385. The molecule has 2 aromatic carbocycles. The molecule has 0 aliphatic carbocycles. The molecule has 1 aliphatic heterocycles. The monoisotopic (exact) mass is 448 g/mol. The largest absolute Gasteiger partial charge is 0.347 e. The molecule has 3 aromatic rings. The SMILES string of the molecule is Cc1cc(C(=O)N2CCCC2C(=O)Nc2ccc3c(ccn3CC(C)C)c2)ccc1[N+](=O)[O-]. The number of nitrogens with zero attached hydrogens (tertiary/aromatic N) is 3. The molecule has 1 unspecified atom stereocenters. The second kappa shape index (κ2) is 9.05. The average molecular weight is 449 g/mol. The molecule has 8 nitrogen and oxygen atoms in total. The number of hydrogen-bond donors (Lipinski definition) is 1. The Labute approximate surface area is 192 Å². The number of anilines is 1. The number of carbonyl (C=O) groups excluding carboxylic acids is 2. The molecular formula is C25H28N4O4. The van der Waals surface area contributed by atoms with Gasteiger partial charge in [-0.1, -0.05) is 13.8 Å². The zero-order chi connectivity index (χ0) is 23.7. The summed E-state index contributed by atoms with van der Waals surface area (Å²) in [4.78, 5) is 38.3. The smallest absolute Gasteiger partial charge is 0.272 e. The molecule has 4 rings (SSSR count). The standard InChI is InChI=1S/C25H28N4O4/c1-16(2)15-27-12-10-18-14-20(7-9-22(18)27)26-24(30)23-5-4-11-28(23)25(31)19-6-8-21(29(32)33)17(3)13-19/h6-10,12-14,16,23H,4-5,11,15H2,1-3H3,(H,26,30). The van der Waals surface area contributed by atoms with Crippen molar-refractivity contribution in [1.29, 1.82) is 0 Å². The maximum atomic E-state index is 13.1. The molecule has 1 aliphatic rings. The Hall–Kier alpha value is -3.68. The van der Waals surface area contributed by atoms with Crippen molar-refractivity contribution >= 4 is 34.1 Å². The van der Waals surface area contributed by atoms with Crippen molar-refractivity contribution in [3.8, 4) is 0 Å². The van der Waals surface area contributed by atoms with Gasteiger partial charge in [0.05, 0.1) is 4.92 Å². The third-order valence-corrected chi connectivity index (χ3v) is 6.06. The number of nitro groups is 1. The minimum atomic E-state index is -0.575. The van der Waals surface area contributed by atoms with Crippen molar-refractivity contribution in [3.05, 3.63) is 69.9 Å². The molecule has 1 aromatic heterocycles. The van der Waals surface area contributed by atoms with Crippen LogP contribution in [0.1, 0.15) is 42.6 Å². The van der Waals surface area contributed by atoms with Gasteiger partial charge in [0, 0.05) is 53.1 Å². The highest BCUT2D eigenvalue weighted by Gasteiger charge is 2.35. The zero-order valence-electron chi connectivity index (χ0n) is 19.1. The third kappa shape index (κ3) is 4.60. The Morgan fingerprint density at radius 2 is 1.97 bits per heavy atom. The fourth-order valence-corrected chi connectivity index (χ4v) is 4.50. The van der Waals surface area contributed by atoms with Crippen LogP contribution >= 0.6 is 0 Å². The van der Waals surface area contributed by atoms with Gasteiger partial charge >= 0.3 is 0 Å². The van der Waals surface area contributed by atoms with Crippen LogP contribution < -0.4 is 5.32 Å². The molecular weight excluding hydrogens is 420 g/mol. The van der Waals surface area contributed by atoms with Crippen LogP contribution in [0, 0.1) is 23.0 Å². The first-order valence-corrected chi connectivity index (χ1v) is 11.2. The molecule has 172 valence electrons. The Bertz CT molecular complexity index is 1230. The minimum Gasteiger partial charge on any atom is -0.347 e. The topological polar surface area (TPSA) is 97.5 Å². The van der Waals surface area contributed by atoms with Crippen molar-refractivity contribution in [2.75, 3.05) is 11.9 Å². The van der Waals surface area contributed by atoms with Crippen LogP contribution in [-0.4, -0.2) is 38.8 Å². The predicted molar refractivity (Wildman–Crippen MR) is 127 cm³/mol. The minimum absolute atomic E-state index is 0.0279. The highest BCUT2D eigenvalue weighted by Crippen LogP contribution is 2.26. The molecule has 1 fully saturated rings. The van der Waals surface area contributed by atoms with E-state index in [-0.39, 0.29) is 17.5 Å². The quantitative estimate of drug-likeness (QED) is 0.434. The van der Waals surface area contributed by atoms with Crippen molar-refractivity contribution in [1.82, 2.24) is 9.47 Å². The summed E-state index contributed by atoms with van der Waals surface area (Å²) in [5.41, 5.74) is 2.56. The van der Waals surface area contributed by atoms with E-state index in [9.17, 15) is 19.7 Å². The second-order valence-corrected chi connectivity index (χ2v) is 9.04. The van der Waals surface area contributed by atoms with Gasteiger partial charge in [-0.15, -0.1) is 0 Å². The summed E-state index contributed by atoms with van der Waals surface area (Å²) in [6.07, 6.45) is 3.36. The number of carbonyl (C=O) groups is 2. The van der Waals surface area contributed by atoms with E-state index >= 15 is 0 Å². The lowest BCUT2D eigenvalue weighted by Crippen LogP contribution is -2.43. The van der Waals surface area contributed by atoms with Gasteiger partial charge in [-0.2, -0.15) is 0 Å². The van der Waals surface area contributed by atoms with Gasteiger partial charge in [0.15, 0.2) is 0 Å². The number of rotatable bonds is 6. The summed E-state index contributed by atoms with van der Waals surface area (Å²) in [6, 6.07) is 11.6. The molecule has 2 amide bonds. The van der Waals surface area contributed by atoms with E-state index < -0.39 is 11.0 Å². The van der Waals surface area contributed by atoms with E-state index in [4.69, 9.17) is 0 Å². The predicted octanol–water partition coefficient (Wildman–Crippen LogP) is 4.76. The van der Waals surface area contributed by atoms with Crippen LogP contribution in [0.15, 0.2) is 48.7 Å². The fraction of sp³-hybridized carbons (Fsp3) is 0.360. The van der Waals surface area contributed by atoms with Crippen LogP contribution in [0.5, 0.6) is 0 Å². The first kappa shape index (κ1) is 22.5. The van der Waals surface area contributed by atoms with Crippen molar-refractivity contribution < 1.29 is 14.5 Å². The van der Waals surface area contributed by atoms with E-state index in [0.29, 0.717) is 35.7 Å². The highest BCUT2D eigenvalue weighted by molar-refractivity contribution is 6.02. The molecule has 1 atom stereocenters. The van der Waals surface area contributed by atoms with Crippen LogP contribution in [0.4, 0.5) is 11.4 Å². The molecule has 0 radical (unpaired) electrons. The van der Waals surface area contributed by atoms with Crippen molar-refractivity contribution in [2.24, 2.45) is 5.92 Å². The van der Waals surface area contributed by atoms with Gasteiger partial charge in [-0.25, -0.2) is 0 Å². The average Bonchev–Trinajstić information content (AvgIpc) is 3.40. The molecule has 8 heteroatoms. The van der Waals surface area contributed by atoms with Crippen LogP contribution in [-0.2, 0) is 11.3 Å². The van der Waals surface area contributed by atoms with Gasteiger partial charge in [0.25, 0.3) is 11.6 Å². The first-order chi connectivity index (χ1) is 15.7. The van der Waals surface area contributed by atoms with Crippen LogP contribution in [0.3, 0.4) is 0 Å². The molecule has 0 bridgehead atoms. The number of amides is 2. The van der Waals surface area contributed by atoms with Crippen molar-refractivity contribution in [3.63, 3.8) is 0 Å². The lowest BCUT2D eigenvalue weighted by atomic mass is 10.1. The fourth-order valence-electron chi connectivity index (χ4n) is 4.50. The molecule has 1 saturated heterocycles. The number of likely N-dealkylation sites (tertiary alicyclic amines) is 1. The number of aromatic nitrogens is 1. The van der Waals surface area contributed by atoms with Crippen molar-refractivity contribution in [2.45, 2.75) is 46.2 Å². The normalized spacial score (nSPS) is 15.9. The molecule has 0 spiro atoms.